The Labute approximate surface area is 115 Å². The van der Waals surface area contributed by atoms with Crippen molar-refractivity contribution in [2.45, 2.75) is 13.5 Å². The zero-order valence-corrected chi connectivity index (χ0v) is 11.1. The predicted octanol–water partition coefficient (Wildman–Crippen LogP) is 2.00. The van der Waals surface area contributed by atoms with Crippen molar-refractivity contribution in [3.05, 3.63) is 52.6 Å². The fourth-order valence-electron chi connectivity index (χ4n) is 1.86. The van der Waals surface area contributed by atoms with Gasteiger partial charge in [-0.15, -0.1) is 0 Å². The van der Waals surface area contributed by atoms with Gasteiger partial charge in [0, 0.05) is 24.8 Å². The van der Waals surface area contributed by atoms with Gasteiger partial charge in [-0.2, -0.15) is 10.4 Å². The van der Waals surface area contributed by atoms with E-state index in [1.165, 1.54) is 29.3 Å². The molecule has 0 spiro atoms. The van der Waals surface area contributed by atoms with Crippen molar-refractivity contribution in [3.63, 3.8) is 0 Å². The highest BCUT2D eigenvalue weighted by atomic mass is 19.1. The van der Waals surface area contributed by atoms with E-state index in [-0.39, 0.29) is 12.5 Å². The van der Waals surface area contributed by atoms with E-state index in [1.54, 1.807) is 14.0 Å². The van der Waals surface area contributed by atoms with Crippen LogP contribution in [-0.2, 0) is 6.54 Å². The lowest BCUT2D eigenvalue weighted by Gasteiger charge is -2.17. The maximum absolute atomic E-state index is 13.7. The summed E-state index contributed by atoms with van der Waals surface area (Å²) in [6, 6.07) is 6.03. The van der Waals surface area contributed by atoms with E-state index in [0.29, 0.717) is 22.4 Å². The van der Waals surface area contributed by atoms with Gasteiger partial charge in [0.1, 0.15) is 5.82 Å². The third-order valence-corrected chi connectivity index (χ3v) is 2.99. The number of aryl methyl sites for hydroxylation is 1. The summed E-state index contributed by atoms with van der Waals surface area (Å²) in [5, 5.41) is 15.3. The fraction of sp³-hybridized carbons (Fsp3) is 0.214. The molecule has 0 aliphatic rings. The minimum absolute atomic E-state index is 0.0881. The first-order chi connectivity index (χ1) is 9.52. The van der Waals surface area contributed by atoms with Crippen LogP contribution in [0.15, 0.2) is 24.4 Å². The molecule has 1 heterocycles. The molecule has 0 radical (unpaired) electrons. The molecule has 0 fully saturated rings. The van der Waals surface area contributed by atoms with Crippen LogP contribution in [0.1, 0.15) is 27.2 Å². The van der Waals surface area contributed by atoms with E-state index in [9.17, 15) is 9.18 Å². The summed E-state index contributed by atoms with van der Waals surface area (Å²) in [6.45, 7) is 1.83. The number of benzene rings is 1. The molecule has 102 valence electrons. The van der Waals surface area contributed by atoms with E-state index in [1.807, 2.05) is 6.07 Å². The number of aromatic amines is 1. The van der Waals surface area contributed by atoms with Crippen molar-refractivity contribution in [1.82, 2.24) is 15.1 Å². The Hall–Kier alpha value is -2.68. The van der Waals surface area contributed by atoms with Gasteiger partial charge < -0.3 is 4.90 Å². The van der Waals surface area contributed by atoms with Gasteiger partial charge >= 0.3 is 0 Å². The smallest absolute Gasteiger partial charge is 0.257 e. The summed E-state index contributed by atoms with van der Waals surface area (Å²) in [5.74, 6) is -0.689. The van der Waals surface area contributed by atoms with Gasteiger partial charge in [-0.05, 0) is 25.1 Å². The van der Waals surface area contributed by atoms with Crippen molar-refractivity contribution >= 4 is 5.91 Å². The maximum atomic E-state index is 13.7. The molecule has 5 nitrogen and oxygen atoms in total. The second-order valence-corrected chi connectivity index (χ2v) is 4.49. The largest absolute Gasteiger partial charge is 0.337 e. The van der Waals surface area contributed by atoms with E-state index in [4.69, 9.17) is 5.26 Å². The third-order valence-electron chi connectivity index (χ3n) is 2.99. The average molecular weight is 272 g/mol. The molecule has 1 aromatic carbocycles. The number of halogens is 1. The molecule has 6 heteroatoms. The molecule has 0 bridgehead atoms. The first-order valence-corrected chi connectivity index (χ1v) is 5.97. The molecule has 0 aliphatic heterocycles. The standard InChI is InChI=1S/C14H13FN4O/c1-9-12(7-17-18-9)14(20)19(2)8-11-5-10(6-16)3-4-13(11)15/h3-5,7H,8H2,1-2H3,(H,17,18). The van der Waals surface area contributed by atoms with Crippen LogP contribution in [0.5, 0.6) is 0 Å². The maximum Gasteiger partial charge on any atom is 0.257 e. The minimum atomic E-state index is -0.437. The Balaban J connectivity index is 2.20. The zero-order valence-electron chi connectivity index (χ0n) is 11.1. The van der Waals surface area contributed by atoms with E-state index >= 15 is 0 Å². The molecule has 0 atom stereocenters. The SMILES string of the molecule is Cc1[nH]ncc1C(=O)N(C)Cc1cc(C#N)ccc1F. The summed E-state index contributed by atoms with van der Waals surface area (Å²) in [6.07, 6.45) is 1.44. The average Bonchev–Trinajstić information content (AvgIpc) is 2.86. The molecule has 1 N–H and O–H groups in total. The molecule has 0 aliphatic carbocycles. The first kappa shape index (κ1) is 13.7. The molecule has 1 amide bonds. The topological polar surface area (TPSA) is 72.8 Å². The number of nitrogens with one attached hydrogen (secondary N) is 1. The number of nitrogens with zero attached hydrogens (tertiary/aromatic N) is 3. The number of aromatic nitrogens is 2. The number of hydrogen-bond donors (Lipinski definition) is 1. The summed E-state index contributed by atoms with van der Waals surface area (Å²) in [7, 11) is 1.58. The van der Waals surface area contributed by atoms with E-state index in [2.05, 4.69) is 10.2 Å². The first-order valence-electron chi connectivity index (χ1n) is 5.97. The Morgan fingerprint density at radius 1 is 1.55 bits per heavy atom. The summed E-state index contributed by atoms with van der Waals surface area (Å²) in [5.41, 5.74) is 1.78. The number of rotatable bonds is 3. The lowest BCUT2D eigenvalue weighted by molar-refractivity contribution is 0.0783. The van der Waals surface area contributed by atoms with Crippen molar-refractivity contribution < 1.29 is 9.18 Å². The van der Waals surface area contributed by atoms with Gasteiger partial charge in [-0.3, -0.25) is 9.89 Å². The van der Waals surface area contributed by atoms with Crippen LogP contribution in [-0.4, -0.2) is 28.1 Å². The lowest BCUT2D eigenvalue weighted by Crippen LogP contribution is -2.27. The van der Waals surface area contributed by atoms with Crippen molar-refractivity contribution in [1.29, 1.82) is 5.26 Å². The quantitative estimate of drug-likeness (QED) is 0.928. The van der Waals surface area contributed by atoms with Crippen LogP contribution in [0.4, 0.5) is 4.39 Å². The Morgan fingerprint density at radius 3 is 2.90 bits per heavy atom. The number of hydrogen-bond acceptors (Lipinski definition) is 3. The van der Waals surface area contributed by atoms with Crippen molar-refractivity contribution in [2.24, 2.45) is 0 Å². The Kier molecular flexibility index (Phi) is 3.80. The van der Waals surface area contributed by atoms with Crippen molar-refractivity contribution in [2.75, 3.05) is 7.05 Å². The normalized spacial score (nSPS) is 10.1. The summed E-state index contributed by atoms with van der Waals surface area (Å²) in [4.78, 5) is 13.6. The predicted molar refractivity (Wildman–Crippen MR) is 70.2 cm³/mol. The molecular weight excluding hydrogens is 259 g/mol. The molecule has 0 saturated carbocycles. The van der Waals surface area contributed by atoms with Gasteiger partial charge in [0.2, 0.25) is 0 Å². The highest BCUT2D eigenvalue weighted by Crippen LogP contribution is 2.14. The van der Waals surface area contributed by atoms with E-state index < -0.39 is 5.82 Å². The molecule has 0 unspecified atom stereocenters. The van der Waals surface area contributed by atoms with Crippen LogP contribution in [0.25, 0.3) is 0 Å². The number of nitriles is 1. The molecule has 1 aromatic heterocycles. The van der Waals surface area contributed by atoms with Gasteiger partial charge in [0.05, 0.1) is 23.4 Å². The van der Waals surface area contributed by atoms with Crippen LogP contribution in [0.3, 0.4) is 0 Å². The third kappa shape index (κ3) is 2.67. The van der Waals surface area contributed by atoms with Gasteiger partial charge in [0.25, 0.3) is 5.91 Å². The van der Waals surface area contributed by atoms with Crippen molar-refractivity contribution in [3.8, 4) is 6.07 Å². The fourth-order valence-corrected chi connectivity index (χ4v) is 1.86. The molecular formula is C14H13FN4O. The number of carbonyl (C=O) groups excluding carboxylic acids is 1. The van der Waals surface area contributed by atoms with Crippen LogP contribution in [0, 0.1) is 24.1 Å². The summed E-state index contributed by atoms with van der Waals surface area (Å²) < 4.78 is 13.7. The highest BCUT2D eigenvalue weighted by molar-refractivity contribution is 5.94. The molecule has 0 saturated heterocycles. The number of amides is 1. The van der Waals surface area contributed by atoms with E-state index in [0.717, 1.165) is 0 Å². The number of H-pyrrole nitrogens is 1. The molecule has 2 rings (SSSR count). The van der Waals surface area contributed by atoms with Gasteiger partial charge in [-0.1, -0.05) is 0 Å². The second-order valence-electron chi connectivity index (χ2n) is 4.49. The van der Waals surface area contributed by atoms with Gasteiger partial charge in [-0.25, -0.2) is 4.39 Å². The lowest BCUT2D eigenvalue weighted by atomic mass is 10.1. The second kappa shape index (κ2) is 5.53. The highest BCUT2D eigenvalue weighted by Gasteiger charge is 2.17. The molecule has 20 heavy (non-hydrogen) atoms. The molecule has 2 aromatic rings. The van der Waals surface area contributed by atoms with Crippen LogP contribution < -0.4 is 0 Å². The Bertz CT molecular complexity index is 687. The number of carbonyl (C=O) groups is 1. The zero-order chi connectivity index (χ0) is 14.7. The minimum Gasteiger partial charge on any atom is -0.337 e. The van der Waals surface area contributed by atoms with Crippen LogP contribution >= 0.6 is 0 Å². The van der Waals surface area contributed by atoms with Gasteiger partial charge in [0.15, 0.2) is 0 Å². The Morgan fingerprint density at radius 2 is 2.30 bits per heavy atom. The van der Waals surface area contributed by atoms with Crippen LogP contribution in [0.2, 0.25) is 0 Å². The monoisotopic (exact) mass is 272 g/mol. The summed E-state index contributed by atoms with van der Waals surface area (Å²) >= 11 is 0.